The van der Waals surface area contributed by atoms with Gasteiger partial charge >= 0.3 is 0 Å². The van der Waals surface area contributed by atoms with Gasteiger partial charge in [-0.25, -0.2) is 0 Å². The van der Waals surface area contributed by atoms with Crippen LogP contribution in [0.5, 0.6) is 0 Å². The Labute approximate surface area is 90.6 Å². The normalized spacial score (nSPS) is 22.3. The maximum absolute atomic E-state index is 10.5. The molecule has 0 saturated heterocycles. The van der Waals surface area contributed by atoms with Crippen LogP contribution in [-0.4, -0.2) is 15.1 Å². The highest BCUT2D eigenvalue weighted by atomic mass is 16.3. The van der Waals surface area contributed by atoms with Gasteiger partial charge in [0.2, 0.25) is 0 Å². The average molecular weight is 206 g/mol. The van der Waals surface area contributed by atoms with Crippen LogP contribution in [0.4, 0.5) is 0 Å². The Bertz CT molecular complexity index is 305. The molecule has 0 radical (unpaired) electrons. The lowest BCUT2D eigenvalue weighted by molar-refractivity contribution is -0.0255. The van der Waals surface area contributed by atoms with Crippen molar-refractivity contribution in [2.75, 3.05) is 0 Å². The molecule has 0 aliphatic heterocycles. The molecule has 82 valence electrons. The van der Waals surface area contributed by atoms with E-state index in [9.17, 15) is 5.11 Å². The molecule has 1 saturated carbocycles. The molecule has 1 unspecified atom stereocenters. The zero-order valence-corrected chi connectivity index (χ0v) is 9.19. The van der Waals surface area contributed by atoms with E-state index >= 15 is 0 Å². The maximum Gasteiger partial charge on any atom is 0.108 e. The Balaban J connectivity index is 2.18. The van der Waals surface area contributed by atoms with Gasteiger partial charge in [-0.1, -0.05) is 19.3 Å². The van der Waals surface area contributed by atoms with Crippen LogP contribution in [0.2, 0.25) is 0 Å². The number of hydrogen-bond donors (Lipinski definition) is 1. The van der Waals surface area contributed by atoms with Crippen molar-refractivity contribution in [2.24, 2.45) is 5.92 Å². The third-order valence-corrected chi connectivity index (χ3v) is 3.48. The molecule has 0 aromatic carbocycles. The first-order valence-electron chi connectivity index (χ1n) is 5.70. The van der Waals surface area contributed by atoms with Gasteiger partial charge < -0.3 is 5.11 Å². The number of nitrogens with zero attached hydrogens (tertiary/aromatic N) is 2. The number of aromatic nitrogens is 2. The van der Waals surface area contributed by atoms with Crippen molar-refractivity contribution in [1.82, 2.24) is 9.97 Å². The summed E-state index contributed by atoms with van der Waals surface area (Å²) in [5, 5.41) is 10.5. The van der Waals surface area contributed by atoms with E-state index < -0.39 is 5.60 Å². The van der Waals surface area contributed by atoms with E-state index in [0.717, 1.165) is 12.8 Å². The summed E-state index contributed by atoms with van der Waals surface area (Å²) in [5.41, 5.74) is -0.105. The minimum Gasteiger partial charge on any atom is -0.383 e. The fourth-order valence-corrected chi connectivity index (χ4v) is 2.43. The molecule has 0 bridgehead atoms. The summed E-state index contributed by atoms with van der Waals surface area (Å²) in [6, 6.07) is 0. The summed E-state index contributed by atoms with van der Waals surface area (Å²) in [6.45, 7) is 1.87. The zero-order chi connectivity index (χ0) is 10.7. The molecule has 1 N–H and O–H groups in total. The van der Waals surface area contributed by atoms with E-state index in [2.05, 4.69) is 9.97 Å². The van der Waals surface area contributed by atoms with Gasteiger partial charge in [0.1, 0.15) is 5.60 Å². The Morgan fingerprint density at radius 3 is 2.60 bits per heavy atom. The molecule has 2 rings (SSSR count). The third kappa shape index (κ3) is 2.17. The monoisotopic (exact) mass is 206 g/mol. The van der Waals surface area contributed by atoms with Gasteiger partial charge in [-0.05, 0) is 25.7 Å². The Morgan fingerprint density at radius 1 is 1.27 bits per heavy atom. The molecule has 3 nitrogen and oxygen atoms in total. The van der Waals surface area contributed by atoms with Crippen molar-refractivity contribution in [3.8, 4) is 0 Å². The van der Waals surface area contributed by atoms with E-state index in [0.29, 0.717) is 11.6 Å². The van der Waals surface area contributed by atoms with Crippen molar-refractivity contribution in [3.63, 3.8) is 0 Å². The molecule has 1 heterocycles. The Morgan fingerprint density at radius 2 is 2.00 bits per heavy atom. The highest BCUT2D eigenvalue weighted by molar-refractivity contribution is 5.08. The van der Waals surface area contributed by atoms with Crippen LogP contribution in [0.15, 0.2) is 18.6 Å². The van der Waals surface area contributed by atoms with Crippen LogP contribution in [0.3, 0.4) is 0 Å². The topological polar surface area (TPSA) is 46.0 Å². The average Bonchev–Trinajstić information content (AvgIpc) is 2.31. The largest absolute Gasteiger partial charge is 0.383 e. The fourth-order valence-electron chi connectivity index (χ4n) is 2.43. The van der Waals surface area contributed by atoms with Crippen LogP contribution in [0.25, 0.3) is 0 Å². The highest BCUT2D eigenvalue weighted by Gasteiger charge is 2.35. The van der Waals surface area contributed by atoms with Gasteiger partial charge in [-0.2, -0.15) is 0 Å². The summed E-state index contributed by atoms with van der Waals surface area (Å²) >= 11 is 0. The van der Waals surface area contributed by atoms with E-state index in [1.54, 1.807) is 18.6 Å². The van der Waals surface area contributed by atoms with E-state index in [4.69, 9.17) is 0 Å². The van der Waals surface area contributed by atoms with Gasteiger partial charge in [0.15, 0.2) is 0 Å². The molecule has 1 fully saturated rings. The number of hydrogen-bond acceptors (Lipinski definition) is 3. The van der Waals surface area contributed by atoms with E-state index in [-0.39, 0.29) is 0 Å². The minimum absolute atomic E-state index is 0.336. The standard InChI is InChI=1S/C12H18N2O/c1-12(15,10-5-3-2-4-6-10)11-9-13-7-8-14-11/h7-10,15H,2-6H2,1H3. The van der Waals surface area contributed by atoms with Crippen molar-refractivity contribution in [1.29, 1.82) is 0 Å². The fraction of sp³-hybridized carbons (Fsp3) is 0.667. The SMILES string of the molecule is CC(O)(c1cnccn1)C1CCCCC1. The molecule has 3 heteroatoms. The molecule has 1 aliphatic rings. The summed E-state index contributed by atoms with van der Waals surface area (Å²) in [5.74, 6) is 0.336. The lowest BCUT2D eigenvalue weighted by Gasteiger charge is -2.34. The second-order valence-corrected chi connectivity index (χ2v) is 4.57. The van der Waals surface area contributed by atoms with Crippen molar-refractivity contribution < 1.29 is 5.11 Å². The smallest absolute Gasteiger partial charge is 0.108 e. The molecule has 0 amide bonds. The molecule has 1 aromatic heterocycles. The van der Waals surface area contributed by atoms with Gasteiger partial charge in [0.25, 0.3) is 0 Å². The van der Waals surface area contributed by atoms with Crippen LogP contribution < -0.4 is 0 Å². The molecular formula is C12H18N2O. The van der Waals surface area contributed by atoms with Crippen molar-refractivity contribution in [2.45, 2.75) is 44.6 Å². The maximum atomic E-state index is 10.5. The van der Waals surface area contributed by atoms with Crippen LogP contribution in [-0.2, 0) is 5.60 Å². The predicted molar refractivity (Wildman–Crippen MR) is 58.2 cm³/mol. The van der Waals surface area contributed by atoms with Crippen LogP contribution in [0.1, 0.15) is 44.7 Å². The second kappa shape index (κ2) is 4.27. The third-order valence-electron chi connectivity index (χ3n) is 3.48. The van der Waals surface area contributed by atoms with E-state index in [1.807, 2.05) is 6.92 Å². The first kappa shape index (κ1) is 10.6. The lowest BCUT2D eigenvalue weighted by atomic mass is 9.76. The van der Waals surface area contributed by atoms with Crippen LogP contribution in [0, 0.1) is 5.92 Å². The molecule has 1 aliphatic carbocycles. The van der Waals surface area contributed by atoms with Gasteiger partial charge in [-0.3, -0.25) is 9.97 Å². The van der Waals surface area contributed by atoms with Crippen molar-refractivity contribution >= 4 is 0 Å². The molecular weight excluding hydrogens is 188 g/mol. The minimum atomic E-state index is -0.811. The first-order valence-corrected chi connectivity index (χ1v) is 5.70. The van der Waals surface area contributed by atoms with Gasteiger partial charge in [0, 0.05) is 12.4 Å². The second-order valence-electron chi connectivity index (χ2n) is 4.57. The highest BCUT2D eigenvalue weighted by Crippen LogP contribution is 2.37. The van der Waals surface area contributed by atoms with E-state index in [1.165, 1.54) is 19.3 Å². The molecule has 1 aromatic rings. The summed E-state index contributed by atoms with van der Waals surface area (Å²) in [7, 11) is 0. The lowest BCUT2D eigenvalue weighted by Crippen LogP contribution is -2.34. The first-order chi connectivity index (χ1) is 7.21. The molecule has 1 atom stereocenters. The number of aliphatic hydroxyl groups is 1. The van der Waals surface area contributed by atoms with Crippen LogP contribution >= 0.6 is 0 Å². The number of rotatable bonds is 2. The summed E-state index contributed by atoms with van der Waals surface area (Å²) in [4.78, 5) is 8.24. The molecule has 0 spiro atoms. The quantitative estimate of drug-likeness (QED) is 0.807. The Hall–Kier alpha value is -0.960. The van der Waals surface area contributed by atoms with Gasteiger partial charge in [0.05, 0.1) is 11.9 Å². The summed E-state index contributed by atoms with van der Waals surface area (Å²) < 4.78 is 0. The predicted octanol–water partition coefficient (Wildman–Crippen LogP) is 2.26. The Kier molecular flexibility index (Phi) is 3.00. The zero-order valence-electron chi connectivity index (χ0n) is 9.19. The molecule has 15 heavy (non-hydrogen) atoms. The van der Waals surface area contributed by atoms with Gasteiger partial charge in [-0.15, -0.1) is 0 Å². The summed E-state index contributed by atoms with van der Waals surface area (Å²) in [6.07, 6.45) is 10.9. The van der Waals surface area contributed by atoms with Crippen molar-refractivity contribution in [3.05, 3.63) is 24.3 Å².